The van der Waals surface area contributed by atoms with Gasteiger partial charge in [-0.3, -0.25) is 4.79 Å². The molecule has 3 fully saturated rings. The smallest absolute Gasteiger partial charge is 0.322 e. The summed E-state index contributed by atoms with van der Waals surface area (Å²) in [6, 6.07) is 5.63. The van der Waals surface area contributed by atoms with Crippen molar-refractivity contribution >= 4 is 17.6 Å². The molecule has 0 radical (unpaired) electrons. The molecule has 0 spiro atoms. The third-order valence-corrected chi connectivity index (χ3v) is 6.85. The fraction of sp³-hybridized carbons (Fsp3) is 0.680. The van der Waals surface area contributed by atoms with E-state index >= 15 is 0 Å². The van der Waals surface area contributed by atoms with Crippen LogP contribution in [0.2, 0.25) is 0 Å². The van der Waals surface area contributed by atoms with Gasteiger partial charge in [-0.1, -0.05) is 19.3 Å². The molecule has 2 atom stereocenters. The second kappa shape index (κ2) is 11.1. The molecule has 176 valence electrons. The number of carbonyl (C=O) groups excluding carboxylic acids is 2. The van der Waals surface area contributed by atoms with Crippen LogP contribution in [-0.2, 0) is 9.47 Å². The van der Waals surface area contributed by atoms with Gasteiger partial charge in [-0.2, -0.15) is 0 Å². The van der Waals surface area contributed by atoms with Crippen molar-refractivity contribution in [1.82, 2.24) is 10.2 Å². The topological polar surface area (TPSA) is 79.9 Å². The van der Waals surface area contributed by atoms with Gasteiger partial charge >= 0.3 is 6.03 Å². The lowest BCUT2D eigenvalue weighted by Crippen LogP contribution is -2.44. The second-order valence-corrected chi connectivity index (χ2v) is 9.44. The predicted octanol–water partition coefficient (Wildman–Crippen LogP) is 4.25. The predicted molar refractivity (Wildman–Crippen MR) is 124 cm³/mol. The van der Waals surface area contributed by atoms with E-state index in [1.165, 1.54) is 19.3 Å². The van der Waals surface area contributed by atoms with Crippen molar-refractivity contribution in [2.45, 2.75) is 83.0 Å². The van der Waals surface area contributed by atoms with Crippen LogP contribution in [0.5, 0.6) is 0 Å². The van der Waals surface area contributed by atoms with E-state index in [9.17, 15) is 9.59 Å². The highest BCUT2D eigenvalue weighted by Gasteiger charge is 2.27. The summed E-state index contributed by atoms with van der Waals surface area (Å²) < 4.78 is 11.5. The molecule has 7 heteroatoms. The zero-order valence-corrected chi connectivity index (χ0v) is 19.2. The minimum atomic E-state index is -0.140. The van der Waals surface area contributed by atoms with Gasteiger partial charge in [0.25, 0.3) is 5.91 Å². The summed E-state index contributed by atoms with van der Waals surface area (Å²) in [6.07, 6.45) is 9.99. The van der Waals surface area contributed by atoms with Crippen molar-refractivity contribution in [2.24, 2.45) is 0 Å². The molecular formula is C25H37N3O4. The summed E-state index contributed by atoms with van der Waals surface area (Å²) in [5.74, 6) is -0.0312. The molecule has 2 aliphatic heterocycles. The molecule has 3 aliphatic rings. The van der Waals surface area contributed by atoms with Crippen molar-refractivity contribution in [2.75, 3.05) is 31.6 Å². The van der Waals surface area contributed by atoms with Gasteiger partial charge in [0.15, 0.2) is 0 Å². The lowest BCUT2D eigenvalue weighted by molar-refractivity contribution is 0.0524. The fourth-order valence-corrected chi connectivity index (χ4v) is 4.96. The van der Waals surface area contributed by atoms with Gasteiger partial charge in [-0.05, 0) is 69.2 Å². The number of aryl methyl sites for hydroxylation is 1. The molecule has 2 unspecified atom stereocenters. The van der Waals surface area contributed by atoms with Crippen LogP contribution in [0, 0.1) is 6.92 Å². The summed E-state index contributed by atoms with van der Waals surface area (Å²) in [5.41, 5.74) is 2.25. The Kier molecular flexibility index (Phi) is 8.03. The number of amides is 3. The highest BCUT2D eigenvalue weighted by atomic mass is 16.5. The highest BCUT2D eigenvalue weighted by molar-refractivity contribution is 5.96. The molecule has 2 saturated heterocycles. The molecule has 1 aliphatic carbocycles. The molecule has 3 amide bonds. The largest absolute Gasteiger partial charge is 0.376 e. The summed E-state index contributed by atoms with van der Waals surface area (Å²) in [5, 5.41) is 6.21. The first-order valence-corrected chi connectivity index (χ1v) is 12.3. The van der Waals surface area contributed by atoms with Gasteiger partial charge < -0.3 is 25.0 Å². The number of carbonyl (C=O) groups is 2. The first kappa shape index (κ1) is 23.1. The molecular weight excluding hydrogens is 406 g/mol. The van der Waals surface area contributed by atoms with Crippen molar-refractivity contribution in [3.63, 3.8) is 0 Å². The molecule has 1 saturated carbocycles. The van der Waals surface area contributed by atoms with Gasteiger partial charge in [0.1, 0.15) is 0 Å². The fourth-order valence-electron chi connectivity index (χ4n) is 4.96. The molecule has 0 bridgehead atoms. The first-order chi connectivity index (χ1) is 15.6. The van der Waals surface area contributed by atoms with Gasteiger partial charge in [-0.25, -0.2) is 4.79 Å². The second-order valence-electron chi connectivity index (χ2n) is 9.44. The Hall–Kier alpha value is -2.12. The van der Waals surface area contributed by atoms with Crippen LogP contribution in [0.15, 0.2) is 18.2 Å². The van der Waals surface area contributed by atoms with Gasteiger partial charge in [0, 0.05) is 43.6 Å². The van der Waals surface area contributed by atoms with E-state index < -0.39 is 0 Å². The van der Waals surface area contributed by atoms with E-state index in [2.05, 4.69) is 10.6 Å². The Morgan fingerprint density at radius 2 is 1.59 bits per heavy atom. The third kappa shape index (κ3) is 6.23. The molecule has 2 heterocycles. The van der Waals surface area contributed by atoms with E-state index in [1.807, 2.05) is 24.0 Å². The molecule has 1 aromatic rings. The van der Waals surface area contributed by atoms with Crippen molar-refractivity contribution in [3.05, 3.63) is 29.3 Å². The number of nitrogens with zero attached hydrogens (tertiary/aromatic N) is 1. The molecule has 32 heavy (non-hydrogen) atoms. The van der Waals surface area contributed by atoms with Gasteiger partial charge in [0.2, 0.25) is 0 Å². The number of benzene rings is 1. The Balaban J connectivity index is 1.37. The van der Waals surface area contributed by atoms with Crippen LogP contribution >= 0.6 is 0 Å². The number of anilines is 1. The molecule has 0 aromatic heterocycles. The number of ether oxygens (including phenoxy) is 2. The minimum absolute atomic E-state index is 0.0312. The number of urea groups is 1. The number of hydrogen-bond donors (Lipinski definition) is 2. The van der Waals surface area contributed by atoms with E-state index in [0.717, 1.165) is 63.0 Å². The van der Waals surface area contributed by atoms with Crippen LogP contribution < -0.4 is 10.6 Å². The average Bonchev–Trinajstić information content (AvgIpc) is 3.50. The van der Waals surface area contributed by atoms with Crippen molar-refractivity contribution in [1.29, 1.82) is 0 Å². The normalized spacial score (nSPS) is 23.8. The zero-order chi connectivity index (χ0) is 22.3. The maximum absolute atomic E-state index is 13.1. The zero-order valence-electron chi connectivity index (χ0n) is 19.2. The standard InChI is InChI=1S/C25H37N3O4/c1-18-15-19(24(29)26-20-7-3-2-4-8-20)11-12-23(18)27-25(30)28(16-21-9-5-13-31-21)17-22-10-6-14-32-22/h11-12,15,20-22H,2-10,13-14,16-17H2,1H3,(H,26,29)(H,27,30). The average molecular weight is 444 g/mol. The van der Waals surface area contributed by atoms with E-state index in [0.29, 0.717) is 18.7 Å². The quantitative estimate of drug-likeness (QED) is 0.660. The van der Waals surface area contributed by atoms with Crippen molar-refractivity contribution < 1.29 is 19.1 Å². The first-order valence-electron chi connectivity index (χ1n) is 12.3. The third-order valence-electron chi connectivity index (χ3n) is 6.85. The monoisotopic (exact) mass is 443 g/mol. The van der Waals surface area contributed by atoms with Gasteiger partial charge in [-0.15, -0.1) is 0 Å². The van der Waals surface area contributed by atoms with E-state index in [1.54, 1.807) is 6.07 Å². The minimum Gasteiger partial charge on any atom is -0.376 e. The Morgan fingerprint density at radius 1 is 0.938 bits per heavy atom. The summed E-state index contributed by atoms with van der Waals surface area (Å²) in [6.45, 7) is 4.61. The highest BCUT2D eigenvalue weighted by Crippen LogP contribution is 2.22. The summed E-state index contributed by atoms with van der Waals surface area (Å²) >= 11 is 0. The Labute approximate surface area is 191 Å². The lowest BCUT2D eigenvalue weighted by Gasteiger charge is -2.28. The maximum atomic E-state index is 13.1. The Morgan fingerprint density at radius 3 is 2.16 bits per heavy atom. The maximum Gasteiger partial charge on any atom is 0.322 e. The number of nitrogens with one attached hydrogen (secondary N) is 2. The number of hydrogen-bond acceptors (Lipinski definition) is 4. The van der Waals surface area contributed by atoms with E-state index in [-0.39, 0.29) is 30.2 Å². The van der Waals surface area contributed by atoms with Crippen LogP contribution in [0.1, 0.15) is 73.7 Å². The van der Waals surface area contributed by atoms with E-state index in [4.69, 9.17) is 9.47 Å². The molecule has 4 rings (SSSR count). The van der Waals surface area contributed by atoms with Gasteiger partial charge in [0.05, 0.1) is 12.2 Å². The summed E-state index contributed by atoms with van der Waals surface area (Å²) in [4.78, 5) is 27.6. The van der Waals surface area contributed by atoms with Crippen LogP contribution in [-0.4, -0.2) is 61.4 Å². The Bertz CT molecular complexity index is 763. The number of rotatable bonds is 7. The van der Waals surface area contributed by atoms with Crippen LogP contribution in [0.4, 0.5) is 10.5 Å². The lowest BCUT2D eigenvalue weighted by atomic mass is 9.95. The van der Waals surface area contributed by atoms with Crippen LogP contribution in [0.25, 0.3) is 0 Å². The molecule has 2 N–H and O–H groups in total. The molecule has 7 nitrogen and oxygen atoms in total. The van der Waals surface area contributed by atoms with Crippen molar-refractivity contribution in [3.8, 4) is 0 Å². The summed E-state index contributed by atoms with van der Waals surface area (Å²) in [7, 11) is 0. The molecule has 1 aromatic carbocycles. The SMILES string of the molecule is Cc1cc(C(=O)NC2CCCCC2)ccc1NC(=O)N(CC1CCCO1)CC1CCCO1. The van der Waals surface area contributed by atoms with Crippen LogP contribution in [0.3, 0.4) is 0 Å².